The summed E-state index contributed by atoms with van der Waals surface area (Å²) in [7, 11) is -3.47. The molecule has 0 aromatic carbocycles. The molecule has 0 aliphatic heterocycles. The molecule has 0 radical (unpaired) electrons. The van der Waals surface area contributed by atoms with Crippen molar-refractivity contribution >= 4 is 31.9 Å². The summed E-state index contributed by atoms with van der Waals surface area (Å²) in [6, 6.07) is 1.89. The summed E-state index contributed by atoms with van der Waals surface area (Å²) in [4.78, 5) is 12.0. The van der Waals surface area contributed by atoms with Crippen LogP contribution in [0, 0.1) is 0 Å². The highest BCUT2D eigenvalue weighted by atomic mass is 79.9. The van der Waals surface area contributed by atoms with Gasteiger partial charge in [-0.2, -0.15) is 0 Å². The number of hydrogen-bond donors (Lipinski definition) is 2. The molecule has 0 aliphatic carbocycles. The third-order valence-corrected chi connectivity index (χ3v) is 3.79. The predicted octanol–water partition coefficient (Wildman–Crippen LogP) is 1.24. The van der Waals surface area contributed by atoms with Gasteiger partial charge in [0.2, 0.25) is 10.0 Å². The summed E-state index contributed by atoms with van der Waals surface area (Å²) >= 11 is 3.33. The molecule has 1 aromatic heterocycles. The number of halogens is 1. The fourth-order valence-electron chi connectivity index (χ4n) is 1.62. The van der Waals surface area contributed by atoms with E-state index in [1.54, 1.807) is 6.07 Å². The van der Waals surface area contributed by atoms with Gasteiger partial charge in [-0.25, -0.2) is 13.6 Å². The fourth-order valence-corrected chi connectivity index (χ4v) is 2.60. The van der Waals surface area contributed by atoms with Gasteiger partial charge in [0.05, 0.1) is 5.75 Å². The standard InChI is InChI=1S/C11H18BrN3O3S/c1-8(2)15-7-9(12)6-10(15)11(16)14-4-3-5-19(13,17)18/h6-8H,3-5H2,1-2H3,(H,14,16)(H2,13,17,18). The maximum atomic E-state index is 12.0. The Labute approximate surface area is 121 Å². The van der Waals surface area contributed by atoms with E-state index >= 15 is 0 Å². The Morgan fingerprint density at radius 1 is 1.53 bits per heavy atom. The first-order chi connectivity index (χ1) is 8.70. The zero-order valence-electron chi connectivity index (χ0n) is 10.9. The smallest absolute Gasteiger partial charge is 0.267 e. The van der Waals surface area contributed by atoms with Crippen molar-refractivity contribution in [1.82, 2.24) is 9.88 Å². The van der Waals surface area contributed by atoms with Crippen molar-refractivity contribution in [1.29, 1.82) is 0 Å². The van der Waals surface area contributed by atoms with Crippen LogP contribution in [-0.2, 0) is 10.0 Å². The first-order valence-corrected chi connectivity index (χ1v) is 8.37. The molecule has 108 valence electrons. The first-order valence-electron chi connectivity index (χ1n) is 5.87. The molecule has 8 heteroatoms. The molecule has 1 aromatic rings. The molecule has 19 heavy (non-hydrogen) atoms. The van der Waals surface area contributed by atoms with Crippen molar-refractivity contribution in [3.8, 4) is 0 Å². The largest absolute Gasteiger partial charge is 0.351 e. The van der Waals surface area contributed by atoms with Gasteiger partial charge < -0.3 is 9.88 Å². The van der Waals surface area contributed by atoms with E-state index in [1.165, 1.54) is 0 Å². The lowest BCUT2D eigenvalue weighted by Gasteiger charge is -2.12. The third-order valence-electron chi connectivity index (χ3n) is 2.50. The minimum atomic E-state index is -3.47. The van der Waals surface area contributed by atoms with E-state index in [-0.39, 0.29) is 24.2 Å². The average molecular weight is 352 g/mol. The summed E-state index contributed by atoms with van der Waals surface area (Å²) in [5, 5.41) is 7.56. The second kappa shape index (κ2) is 6.53. The van der Waals surface area contributed by atoms with E-state index in [0.717, 1.165) is 4.47 Å². The molecule has 0 aliphatic rings. The topological polar surface area (TPSA) is 94.2 Å². The zero-order valence-corrected chi connectivity index (χ0v) is 13.3. The minimum absolute atomic E-state index is 0.137. The van der Waals surface area contributed by atoms with E-state index in [4.69, 9.17) is 5.14 Å². The summed E-state index contributed by atoms with van der Waals surface area (Å²) in [6.45, 7) is 4.23. The Hall–Kier alpha value is -0.860. The molecule has 3 N–H and O–H groups in total. The number of primary sulfonamides is 1. The lowest BCUT2D eigenvalue weighted by atomic mass is 10.3. The van der Waals surface area contributed by atoms with E-state index in [0.29, 0.717) is 12.1 Å². The van der Waals surface area contributed by atoms with Crippen LogP contribution in [0.1, 0.15) is 36.8 Å². The highest BCUT2D eigenvalue weighted by Crippen LogP contribution is 2.19. The monoisotopic (exact) mass is 351 g/mol. The van der Waals surface area contributed by atoms with Crippen LogP contribution < -0.4 is 10.5 Å². The van der Waals surface area contributed by atoms with Gasteiger partial charge in [-0.1, -0.05) is 0 Å². The molecule has 0 saturated carbocycles. The van der Waals surface area contributed by atoms with Crippen LogP contribution >= 0.6 is 15.9 Å². The second-order valence-corrected chi connectivity index (χ2v) is 7.17. The van der Waals surface area contributed by atoms with Crippen molar-refractivity contribution in [2.45, 2.75) is 26.3 Å². The Balaban J connectivity index is 2.59. The molecule has 6 nitrogen and oxygen atoms in total. The first kappa shape index (κ1) is 16.2. The van der Waals surface area contributed by atoms with Crippen molar-refractivity contribution in [2.24, 2.45) is 5.14 Å². The molecule has 0 bridgehead atoms. The molecule has 0 saturated heterocycles. The van der Waals surface area contributed by atoms with E-state index in [9.17, 15) is 13.2 Å². The number of carbonyl (C=O) groups excluding carboxylic acids is 1. The fraction of sp³-hybridized carbons (Fsp3) is 0.545. The normalized spacial score (nSPS) is 11.8. The van der Waals surface area contributed by atoms with Crippen LogP contribution in [0.5, 0.6) is 0 Å². The highest BCUT2D eigenvalue weighted by Gasteiger charge is 2.14. The number of carbonyl (C=O) groups is 1. The Bertz CT molecular complexity index is 552. The van der Waals surface area contributed by atoms with Gasteiger partial charge in [0, 0.05) is 23.3 Å². The molecule has 0 atom stereocenters. The van der Waals surface area contributed by atoms with Crippen molar-refractivity contribution in [3.63, 3.8) is 0 Å². The second-order valence-electron chi connectivity index (χ2n) is 4.52. The molecular formula is C11H18BrN3O3S. The summed E-state index contributed by atoms with van der Waals surface area (Å²) < 4.78 is 24.2. The molecule has 1 heterocycles. The molecule has 0 spiro atoms. The Morgan fingerprint density at radius 3 is 2.68 bits per heavy atom. The van der Waals surface area contributed by atoms with Crippen LogP contribution in [0.25, 0.3) is 0 Å². The predicted molar refractivity (Wildman–Crippen MR) is 77.4 cm³/mol. The summed E-state index contributed by atoms with van der Waals surface area (Å²) in [6.07, 6.45) is 2.14. The number of hydrogen-bond acceptors (Lipinski definition) is 3. The number of rotatable bonds is 6. The van der Waals surface area contributed by atoms with Crippen LogP contribution in [0.2, 0.25) is 0 Å². The van der Waals surface area contributed by atoms with Crippen LogP contribution in [-0.4, -0.2) is 31.2 Å². The van der Waals surface area contributed by atoms with Gasteiger partial charge in [-0.3, -0.25) is 4.79 Å². The summed E-state index contributed by atoms with van der Waals surface area (Å²) in [5.41, 5.74) is 0.539. The van der Waals surface area contributed by atoms with Crippen LogP contribution in [0.15, 0.2) is 16.7 Å². The zero-order chi connectivity index (χ0) is 14.6. The van der Waals surface area contributed by atoms with Gasteiger partial charge >= 0.3 is 0 Å². The van der Waals surface area contributed by atoms with Crippen molar-refractivity contribution in [3.05, 3.63) is 22.4 Å². The Morgan fingerprint density at radius 2 is 2.16 bits per heavy atom. The molecule has 1 rings (SSSR count). The number of nitrogens with two attached hydrogens (primary N) is 1. The number of sulfonamides is 1. The van der Waals surface area contributed by atoms with Gasteiger partial charge in [0.1, 0.15) is 5.69 Å². The SMILES string of the molecule is CC(C)n1cc(Br)cc1C(=O)NCCCS(N)(=O)=O. The van der Waals surface area contributed by atoms with E-state index in [1.807, 2.05) is 24.6 Å². The van der Waals surface area contributed by atoms with Crippen LogP contribution in [0.3, 0.4) is 0 Å². The summed E-state index contributed by atoms with van der Waals surface area (Å²) in [5.74, 6) is -0.365. The number of nitrogens with one attached hydrogen (secondary N) is 1. The van der Waals surface area contributed by atoms with Gasteiger partial charge in [0.15, 0.2) is 0 Å². The number of nitrogens with zero attached hydrogens (tertiary/aromatic N) is 1. The van der Waals surface area contributed by atoms with Crippen molar-refractivity contribution < 1.29 is 13.2 Å². The maximum Gasteiger partial charge on any atom is 0.267 e. The lowest BCUT2D eigenvalue weighted by Crippen LogP contribution is -2.29. The van der Waals surface area contributed by atoms with Gasteiger partial charge in [-0.15, -0.1) is 0 Å². The molecule has 1 amide bonds. The Kier molecular flexibility index (Phi) is 5.57. The quantitative estimate of drug-likeness (QED) is 0.754. The number of amides is 1. The van der Waals surface area contributed by atoms with E-state index in [2.05, 4.69) is 21.2 Å². The van der Waals surface area contributed by atoms with E-state index < -0.39 is 10.0 Å². The molecule has 0 unspecified atom stereocenters. The maximum absolute atomic E-state index is 12.0. The number of aromatic nitrogens is 1. The third kappa shape index (κ3) is 5.33. The average Bonchev–Trinajstić information content (AvgIpc) is 2.65. The highest BCUT2D eigenvalue weighted by molar-refractivity contribution is 9.10. The van der Waals surface area contributed by atoms with Crippen molar-refractivity contribution in [2.75, 3.05) is 12.3 Å². The van der Waals surface area contributed by atoms with Gasteiger partial charge in [0.25, 0.3) is 5.91 Å². The lowest BCUT2D eigenvalue weighted by molar-refractivity contribution is 0.0943. The van der Waals surface area contributed by atoms with Gasteiger partial charge in [-0.05, 0) is 42.3 Å². The minimum Gasteiger partial charge on any atom is -0.351 e. The molecule has 0 fully saturated rings. The van der Waals surface area contributed by atoms with Crippen LogP contribution in [0.4, 0.5) is 0 Å². The molecular weight excluding hydrogens is 334 g/mol.